The van der Waals surface area contributed by atoms with E-state index in [0.717, 1.165) is 76.2 Å². The zero-order valence-corrected chi connectivity index (χ0v) is 21.4. The van der Waals surface area contributed by atoms with E-state index in [2.05, 4.69) is 20.2 Å². The third kappa shape index (κ3) is 4.89. The first-order chi connectivity index (χ1) is 17.2. The van der Waals surface area contributed by atoms with Crippen LogP contribution in [0, 0.1) is 0 Å². The van der Waals surface area contributed by atoms with Crippen LogP contribution in [0.2, 0.25) is 0 Å². The third-order valence-corrected chi connectivity index (χ3v) is 8.77. The summed E-state index contributed by atoms with van der Waals surface area (Å²) in [4.78, 5) is 24.8. The molecule has 1 amide bonds. The van der Waals surface area contributed by atoms with E-state index >= 15 is 0 Å². The lowest BCUT2D eigenvalue weighted by Gasteiger charge is -2.26. The third-order valence-electron chi connectivity index (χ3n) is 6.11. The van der Waals surface area contributed by atoms with E-state index in [4.69, 9.17) is 9.47 Å². The average Bonchev–Trinajstić information content (AvgIpc) is 3.62. The number of unbranched alkanes of at least 4 members (excludes halogenated alkanes) is 1. The van der Waals surface area contributed by atoms with Gasteiger partial charge in [0.1, 0.15) is 11.3 Å². The largest absolute Gasteiger partial charge is 0.493 e. The number of thiazole rings is 2. The lowest BCUT2D eigenvalue weighted by Crippen LogP contribution is -2.36. The van der Waals surface area contributed by atoms with E-state index in [0.29, 0.717) is 23.1 Å². The minimum absolute atomic E-state index is 0.213. The molecule has 1 aliphatic rings. The van der Waals surface area contributed by atoms with E-state index in [-0.39, 0.29) is 5.91 Å². The number of rotatable bonds is 8. The maximum absolute atomic E-state index is 13.3. The van der Waals surface area contributed by atoms with Gasteiger partial charge in [-0.15, -0.1) is 22.7 Å². The number of benzene rings is 2. The summed E-state index contributed by atoms with van der Waals surface area (Å²) in [6, 6.07) is 9.92. The van der Waals surface area contributed by atoms with Crippen LogP contribution < -0.4 is 10.1 Å². The zero-order chi connectivity index (χ0) is 23.6. The van der Waals surface area contributed by atoms with Crippen molar-refractivity contribution in [3.63, 3.8) is 0 Å². The van der Waals surface area contributed by atoms with Crippen LogP contribution in [0.5, 0.6) is 5.75 Å². The summed E-state index contributed by atoms with van der Waals surface area (Å²) in [5.41, 5.74) is 4.14. The molecule has 4 heterocycles. The van der Waals surface area contributed by atoms with Crippen LogP contribution in [0.3, 0.4) is 0 Å². The van der Waals surface area contributed by atoms with Crippen LogP contribution >= 0.6 is 34.0 Å². The Bertz CT molecular complexity index is 1490. The number of anilines is 1. The summed E-state index contributed by atoms with van der Waals surface area (Å²) in [7, 11) is 0. The van der Waals surface area contributed by atoms with Gasteiger partial charge in [-0.1, -0.05) is 11.3 Å². The molecule has 0 unspecified atom stereocenters. The maximum atomic E-state index is 13.3. The van der Waals surface area contributed by atoms with Gasteiger partial charge in [-0.25, -0.2) is 9.97 Å². The van der Waals surface area contributed by atoms with Crippen molar-refractivity contribution in [2.24, 2.45) is 0 Å². The molecule has 0 atom stereocenters. The summed E-state index contributed by atoms with van der Waals surface area (Å²) in [5, 5.41) is 6.63. The molecule has 0 spiro atoms. The Labute approximate surface area is 214 Å². The lowest BCUT2D eigenvalue weighted by molar-refractivity contribution is 0.0368. The summed E-state index contributed by atoms with van der Waals surface area (Å²) >= 11 is 4.70. The van der Waals surface area contributed by atoms with Crippen molar-refractivity contribution in [2.45, 2.75) is 12.8 Å². The lowest BCUT2D eigenvalue weighted by atomic mass is 10.1. The number of ether oxygens (including phenoxy) is 2. The number of nitrogens with one attached hydrogen (secondary N) is 1. The van der Waals surface area contributed by atoms with Gasteiger partial charge in [-0.05, 0) is 60.5 Å². The summed E-state index contributed by atoms with van der Waals surface area (Å²) in [6.45, 7) is 5.26. The number of morpholine rings is 1. The van der Waals surface area contributed by atoms with Gasteiger partial charge in [0.25, 0.3) is 5.91 Å². The molecule has 0 radical (unpaired) electrons. The van der Waals surface area contributed by atoms with E-state index in [1.54, 1.807) is 22.7 Å². The molecular formula is C25H24N4O3S3. The molecule has 10 heteroatoms. The van der Waals surface area contributed by atoms with E-state index < -0.39 is 0 Å². The van der Waals surface area contributed by atoms with Crippen molar-refractivity contribution in [1.29, 1.82) is 0 Å². The molecule has 7 nitrogen and oxygen atoms in total. The molecule has 180 valence electrons. The minimum Gasteiger partial charge on any atom is -0.493 e. The Morgan fingerprint density at radius 3 is 2.94 bits per heavy atom. The van der Waals surface area contributed by atoms with Gasteiger partial charge < -0.3 is 9.47 Å². The monoisotopic (exact) mass is 524 g/mol. The normalized spacial score (nSPS) is 14.7. The van der Waals surface area contributed by atoms with Gasteiger partial charge in [0.2, 0.25) is 0 Å². The van der Waals surface area contributed by atoms with Gasteiger partial charge >= 0.3 is 0 Å². The highest BCUT2D eigenvalue weighted by atomic mass is 32.1. The molecular weight excluding hydrogens is 501 g/mol. The number of hydrogen-bond acceptors (Lipinski definition) is 9. The summed E-state index contributed by atoms with van der Waals surface area (Å²) in [6.07, 6.45) is 1.99. The highest BCUT2D eigenvalue weighted by Crippen LogP contribution is 2.35. The van der Waals surface area contributed by atoms with Crippen LogP contribution in [0.25, 0.3) is 30.5 Å². The fourth-order valence-electron chi connectivity index (χ4n) is 4.26. The van der Waals surface area contributed by atoms with Crippen LogP contribution in [0.4, 0.5) is 5.13 Å². The average molecular weight is 525 g/mol. The van der Waals surface area contributed by atoms with Gasteiger partial charge in [-0.3, -0.25) is 15.0 Å². The molecule has 1 saturated heterocycles. The maximum Gasteiger partial charge on any atom is 0.261 e. The number of fused-ring (bicyclic) bond motifs is 4. The highest BCUT2D eigenvalue weighted by molar-refractivity contribution is 7.24. The second kappa shape index (κ2) is 10.2. The Morgan fingerprint density at radius 1 is 1.11 bits per heavy atom. The smallest absolute Gasteiger partial charge is 0.261 e. The second-order valence-corrected chi connectivity index (χ2v) is 11.2. The van der Waals surface area contributed by atoms with Crippen molar-refractivity contribution in [1.82, 2.24) is 14.9 Å². The molecule has 35 heavy (non-hydrogen) atoms. The molecule has 0 aliphatic carbocycles. The molecule has 5 aromatic rings. The van der Waals surface area contributed by atoms with Crippen LogP contribution in [0.15, 0.2) is 41.2 Å². The van der Waals surface area contributed by atoms with Crippen LogP contribution in [-0.2, 0) is 4.74 Å². The van der Waals surface area contributed by atoms with Gasteiger partial charge in [0, 0.05) is 17.8 Å². The molecule has 2 aromatic carbocycles. The standard InChI is InChI=1S/C25H24N4O3S3/c30-24(28-25-27-18-3-4-20-22(23(18)35-25)26-15-34-20)17-13-16-5-12-33-21(16)14-19(17)32-9-2-1-6-29-7-10-31-11-8-29/h3-5,12-15H,1-2,6-11H2,(H,27,28,30). The molecule has 3 aromatic heterocycles. The number of carbonyl (C=O) groups excluding carboxylic acids is 1. The van der Waals surface area contributed by atoms with Crippen molar-refractivity contribution in [3.05, 3.63) is 46.8 Å². The predicted molar refractivity (Wildman–Crippen MR) is 145 cm³/mol. The van der Waals surface area contributed by atoms with E-state index in [9.17, 15) is 4.79 Å². The Balaban J connectivity index is 1.17. The molecule has 1 N–H and O–H groups in total. The Kier molecular flexibility index (Phi) is 6.62. The fourth-order valence-corrected chi connectivity index (χ4v) is 6.77. The quantitative estimate of drug-likeness (QED) is 0.256. The predicted octanol–water partition coefficient (Wildman–Crippen LogP) is 5.86. The number of carbonyl (C=O) groups is 1. The number of hydrogen-bond donors (Lipinski definition) is 1. The van der Waals surface area contributed by atoms with Gasteiger partial charge in [0.15, 0.2) is 5.13 Å². The number of aromatic nitrogens is 2. The molecule has 1 aliphatic heterocycles. The van der Waals surface area contributed by atoms with Crippen molar-refractivity contribution in [3.8, 4) is 5.75 Å². The van der Waals surface area contributed by atoms with Gasteiger partial charge in [-0.2, -0.15) is 0 Å². The second-order valence-electron chi connectivity index (χ2n) is 8.40. The fraction of sp³-hybridized carbons (Fsp3) is 0.320. The topological polar surface area (TPSA) is 76.6 Å². The number of thiophene rings is 1. The zero-order valence-electron chi connectivity index (χ0n) is 19.0. The number of nitrogens with zero attached hydrogens (tertiary/aromatic N) is 3. The molecule has 0 bridgehead atoms. The summed E-state index contributed by atoms with van der Waals surface area (Å²) in [5.74, 6) is 0.404. The van der Waals surface area contributed by atoms with Gasteiger partial charge in [0.05, 0.1) is 45.8 Å². The SMILES string of the molecule is O=C(Nc1nc2ccc3scnc3c2s1)c1cc2ccsc2cc1OCCCCN1CCOCC1. The molecule has 0 saturated carbocycles. The molecule has 1 fully saturated rings. The number of amides is 1. The van der Waals surface area contributed by atoms with E-state index in [1.807, 2.05) is 41.2 Å². The minimum atomic E-state index is -0.213. The highest BCUT2D eigenvalue weighted by Gasteiger charge is 2.18. The molecule has 6 rings (SSSR count). The van der Waals surface area contributed by atoms with Crippen LogP contribution in [-0.4, -0.2) is 60.2 Å². The van der Waals surface area contributed by atoms with Crippen LogP contribution in [0.1, 0.15) is 23.2 Å². The Hall–Kier alpha value is -2.63. The first-order valence-corrected chi connectivity index (χ1v) is 14.2. The first kappa shape index (κ1) is 22.8. The first-order valence-electron chi connectivity index (χ1n) is 11.6. The summed E-state index contributed by atoms with van der Waals surface area (Å²) < 4.78 is 14.8. The van der Waals surface area contributed by atoms with Crippen molar-refractivity contribution < 1.29 is 14.3 Å². The Morgan fingerprint density at radius 2 is 2.03 bits per heavy atom. The van der Waals surface area contributed by atoms with E-state index in [1.165, 1.54) is 11.3 Å². The van der Waals surface area contributed by atoms with Crippen molar-refractivity contribution in [2.75, 3.05) is 44.8 Å². The van der Waals surface area contributed by atoms with Crippen molar-refractivity contribution >= 4 is 75.6 Å².